The summed E-state index contributed by atoms with van der Waals surface area (Å²) in [6, 6.07) is -3.23. The van der Waals surface area contributed by atoms with E-state index in [2.05, 4.69) is 42.5 Å². The molecule has 15 unspecified atom stereocenters. The molecule has 17 atom stereocenters. The fraction of sp³-hybridized carbons (Fsp3) is 0.874. The second kappa shape index (κ2) is 56.3. The molecule has 1 aliphatic carbocycles. The second-order valence-electron chi connectivity index (χ2n) is 35.8. The van der Waals surface area contributed by atoms with Gasteiger partial charge in [-0.25, -0.2) is 0 Å². The number of aliphatic hydroxyl groups excluding tert-OH is 11. The van der Waals surface area contributed by atoms with Crippen molar-refractivity contribution in [3.8, 4) is 0 Å². The summed E-state index contributed by atoms with van der Waals surface area (Å²) in [5.41, 5.74) is -1.13. The van der Waals surface area contributed by atoms with Crippen LogP contribution in [0, 0.1) is 34.5 Å². The number of likely N-dealkylation sites (tertiary alicyclic amines) is 3. The van der Waals surface area contributed by atoms with Gasteiger partial charge < -0.3 is 142 Å². The Morgan fingerprint density at radius 2 is 0.643 bits per heavy atom. The molecule has 19 N–H and O–H groups in total. The number of hydrogen-bond donors (Lipinski definition) is 19. The highest BCUT2D eigenvalue weighted by Crippen LogP contribution is 2.51. The summed E-state index contributed by atoms with van der Waals surface area (Å²) in [6.07, 6.45) is 1.04. The number of nitrogens with zero attached hydrogens (tertiary/aromatic N) is 3. The number of carbonyl (C=O) groups is 11. The minimum Gasteiger partial charge on any atom is -0.396 e. The van der Waals surface area contributed by atoms with Crippen molar-refractivity contribution < 1.29 is 137 Å². The minimum absolute atomic E-state index is 0.00690. The molecule has 6 aliphatic heterocycles. The maximum Gasteiger partial charge on any atom is 0.222 e. The van der Waals surface area contributed by atoms with Crippen LogP contribution in [0.15, 0.2) is 0 Å². The summed E-state index contributed by atoms with van der Waals surface area (Å²) in [5, 5.41) is 134. The van der Waals surface area contributed by atoms with Gasteiger partial charge in [0.1, 0.15) is 73.1 Å². The summed E-state index contributed by atoms with van der Waals surface area (Å²) in [4.78, 5) is 149. The van der Waals surface area contributed by atoms with Gasteiger partial charge in [0.25, 0.3) is 0 Å². The molecule has 126 heavy (non-hydrogen) atoms. The lowest BCUT2D eigenvalue weighted by Gasteiger charge is -2.52. The molecule has 11 amide bonds. The SMILES string of the molecule is CC(=O)NC1C(OCCCCC(=O)NCCCCCC(=O)NCC(CCC(=O)NCCCCCC(=O)N2C[C@H]3CC(CO)(CO)C[C@@H]3C2)(C2CCN(C(=O)CCCCCNC(=O)CCCCOC3OC(CO)C(O)C(O)C3NC(C)=O)CC2)C2CCN(C(=O)CCCCCNC(=O)CCCCOC3OC(CO)C(O)C(O)C3NC(C)=O)CC2)OC(CO)C(O)C1O. The van der Waals surface area contributed by atoms with Crippen LogP contribution < -0.4 is 42.5 Å². The molecule has 722 valence electrons. The number of hydrogen-bond acceptors (Lipinski definition) is 28. The number of fused-ring (bicyclic) bond motifs is 1. The molecular formula is C87H151N11O28. The lowest BCUT2D eigenvalue weighted by Crippen LogP contribution is -2.64. The zero-order chi connectivity index (χ0) is 91.7. The fourth-order valence-corrected chi connectivity index (χ4v) is 19.0. The van der Waals surface area contributed by atoms with E-state index in [9.17, 15) is 109 Å². The zero-order valence-electron chi connectivity index (χ0n) is 74.4. The van der Waals surface area contributed by atoms with Crippen LogP contribution in [-0.4, -0.2) is 353 Å². The van der Waals surface area contributed by atoms with Crippen molar-refractivity contribution in [2.75, 3.05) is 125 Å². The smallest absolute Gasteiger partial charge is 0.222 e. The molecule has 0 aromatic carbocycles. The van der Waals surface area contributed by atoms with E-state index in [0.717, 1.165) is 0 Å². The van der Waals surface area contributed by atoms with Crippen molar-refractivity contribution in [3.63, 3.8) is 0 Å². The standard InChI is InChI=1S/C87H151N11O28/c1-56(104)93-74-80(118)77(115)63(50-99)124-83(74)121-43-19-12-23-66(107)88-35-15-4-8-22-69(110)92-53-87(34-29-70(111)91-38-18-7-11-28-73(114)98-48-59-46-86(54-102,55-103)47-60(59)49-98,61-30-39-96(40-31-61)71(112)26-9-5-16-36-89-67(108)24-13-20-44-122-84-75(94-57(2)105)81(119)78(116)64(51-100)125-84)62-32-41-97(42-33-62)72(113)27-10-6-17-37-90-68(109)25-14-21-45-123-85-76(95-58(3)106)82(120)79(117)65(52-101)126-85/h59-65,74-85,99-103,115-120H,4-55H2,1-3H3,(H,88,107)(H,89,108)(H,90,109)(H,91,111)(H,92,110)(H,93,104)(H,94,105)(H,95,106)/t59-,60-,63?,64?,65?,74?,75?,76?,77?,78?,79?,80?,81?,82?,83?,84?,85?,87?/m1/s1. The number of piperidine rings is 2. The van der Waals surface area contributed by atoms with Gasteiger partial charge >= 0.3 is 0 Å². The highest BCUT2D eigenvalue weighted by atomic mass is 16.7. The van der Waals surface area contributed by atoms with Crippen LogP contribution in [0.3, 0.4) is 0 Å². The van der Waals surface area contributed by atoms with E-state index in [0.29, 0.717) is 245 Å². The fourth-order valence-electron chi connectivity index (χ4n) is 19.0. The van der Waals surface area contributed by atoms with Crippen molar-refractivity contribution in [3.05, 3.63) is 0 Å². The minimum atomic E-state index is -1.45. The van der Waals surface area contributed by atoms with E-state index in [-0.39, 0.29) is 143 Å². The summed E-state index contributed by atoms with van der Waals surface area (Å²) in [7, 11) is 0. The molecule has 7 aliphatic rings. The Balaban J connectivity index is 0.910. The average molecular weight is 1800 g/mol. The maximum atomic E-state index is 14.2. The first-order chi connectivity index (χ1) is 60.5. The van der Waals surface area contributed by atoms with Gasteiger partial charge in [0.15, 0.2) is 18.9 Å². The van der Waals surface area contributed by atoms with Crippen molar-refractivity contribution >= 4 is 65.0 Å². The third kappa shape index (κ3) is 34.3. The first-order valence-electron chi connectivity index (χ1n) is 46.4. The van der Waals surface area contributed by atoms with E-state index in [1.54, 1.807) is 0 Å². The molecule has 0 aromatic heterocycles. The summed E-state index contributed by atoms with van der Waals surface area (Å²) in [6.45, 7) is 7.13. The summed E-state index contributed by atoms with van der Waals surface area (Å²) < 4.78 is 34.2. The molecule has 6 saturated heterocycles. The van der Waals surface area contributed by atoms with E-state index in [1.165, 1.54) is 20.8 Å². The summed E-state index contributed by atoms with van der Waals surface area (Å²) >= 11 is 0. The van der Waals surface area contributed by atoms with Crippen LogP contribution in [0.2, 0.25) is 0 Å². The second-order valence-corrected chi connectivity index (χ2v) is 35.8. The van der Waals surface area contributed by atoms with Gasteiger partial charge in [-0.05, 0) is 164 Å². The highest BCUT2D eigenvalue weighted by Gasteiger charge is 2.52. The van der Waals surface area contributed by atoms with Gasteiger partial charge in [-0.1, -0.05) is 25.7 Å². The van der Waals surface area contributed by atoms with Gasteiger partial charge in [-0.15, -0.1) is 0 Å². The quantitative estimate of drug-likeness (QED) is 0.0301. The van der Waals surface area contributed by atoms with Crippen molar-refractivity contribution in [2.45, 2.75) is 325 Å². The van der Waals surface area contributed by atoms with Crippen molar-refractivity contribution in [2.24, 2.45) is 34.5 Å². The molecule has 0 radical (unpaired) electrons. The molecule has 0 aromatic rings. The van der Waals surface area contributed by atoms with E-state index >= 15 is 0 Å². The van der Waals surface area contributed by atoms with Gasteiger partial charge in [0.2, 0.25) is 65.0 Å². The van der Waals surface area contributed by atoms with Crippen LogP contribution >= 0.6 is 0 Å². The molecule has 7 rings (SSSR count). The molecule has 39 heteroatoms. The number of rotatable bonds is 57. The number of ether oxygens (including phenoxy) is 6. The third-order valence-corrected chi connectivity index (χ3v) is 26.3. The predicted molar refractivity (Wildman–Crippen MR) is 454 cm³/mol. The predicted octanol–water partition coefficient (Wildman–Crippen LogP) is -1.72. The van der Waals surface area contributed by atoms with E-state index < -0.39 is 140 Å². The Bertz CT molecular complexity index is 3190. The Hall–Kier alpha value is -6.51. The van der Waals surface area contributed by atoms with Gasteiger partial charge in [-0.2, -0.15) is 0 Å². The summed E-state index contributed by atoms with van der Waals surface area (Å²) in [5.74, 6) is -1.71. The normalized spacial score (nSPS) is 27.3. The highest BCUT2D eigenvalue weighted by molar-refractivity contribution is 5.80. The van der Waals surface area contributed by atoms with Gasteiger partial charge in [0, 0.05) is 169 Å². The van der Waals surface area contributed by atoms with Crippen LogP contribution in [-0.2, 0) is 81.2 Å². The van der Waals surface area contributed by atoms with E-state index in [1.807, 2.05) is 14.7 Å². The molecule has 1 saturated carbocycles. The lowest BCUT2D eigenvalue weighted by molar-refractivity contribution is -0.270. The molecule has 6 heterocycles. The number of carbonyl (C=O) groups excluding carboxylic acids is 11. The van der Waals surface area contributed by atoms with E-state index in [4.69, 9.17) is 28.4 Å². The Morgan fingerprint density at radius 1 is 0.357 bits per heavy atom. The molecule has 0 spiro atoms. The van der Waals surface area contributed by atoms with Crippen LogP contribution in [0.4, 0.5) is 0 Å². The maximum absolute atomic E-state index is 14.2. The number of unbranched alkanes of at least 4 members (excludes halogenated alkanes) is 11. The Morgan fingerprint density at radius 3 is 0.944 bits per heavy atom. The van der Waals surface area contributed by atoms with Crippen molar-refractivity contribution in [1.29, 1.82) is 0 Å². The van der Waals surface area contributed by atoms with Crippen LogP contribution in [0.25, 0.3) is 0 Å². The monoisotopic (exact) mass is 1800 g/mol. The average Bonchev–Trinajstić information content (AvgIpc) is 1.71. The molecular weight excluding hydrogens is 1650 g/mol. The van der Waals surface area contributed by atoms with Gasteiger partial charge in [-0.3, -0.25) is 52.7 Å². The third-order valence-electron chi connectivity index (χ3n) is 26.3. The molecule has 7 fully saturated rings. The topological polar surface area (TPSA) is 572 Å². The molecule has 0 bridgehead atoms. The Kier molecular flexibility index (Phi) is 47.6. The first kappa shape index (κ1) is 107. The van der Waals surface area contributed by atoms with Crippen LogP contribution in [0.1, 0.15) is 233 Å². The lowest BCUT2D eigenvalue weighted by atomic mass is 9.58. The Labute approximate surface area is 740 Å². The number of amides is 11. The van der Waals surface area contributed by atoms with Crippen molar-refractivity contribution in [1.82, 2.24) is 57.2 Å². The van der Waals surface area contributed by atoms with Gasteiger partial charge in [0.05, 0.1) is 33.0 Å². The zero-order valence-corrected chi connectivity index (χ0v) is 74.4. The number of aliphatic hydroxyl groups is 11. The van der Waals surface area contributed by atoms with Crippen LogP contribution in [0.5, 0.6) is 0 Å². The first-order valence-corrected chi connectivity index (χ1v) is 46.4. The largest absolute Gasteiger partial charge is 0.396 e. The molecule has 39 nitrogen and oxygen atoms in total. The number of nitrogens with one attached hydrogen (secondary N) is 8.